The van der Waals surface area contributed by atoms with Gasteiger partial charge in [-0.2, -0.15) is 0 Å². The van der Waals surface area contributed by atoms with Crippen LogP contribution in [-0.4, -0.2) is 9.55 Å². The van der Waals surface area contributed by atoms with Crippen LogP contribution in [0.2, 0.25) is 0 Å². The van der Waals surface area contributed by atoms with Crippen molar-refractivity contribution in [2.24, 2.45) is 5.92 Å². The van der Waals surface area contributed by atoms with E-state index >= 15 is 0 Å². The topological polar surface area (TPSA) is 17.8 Å². The SMILES string of the molecule is CCC(C)Cn1cnc2cc(F)c(F)cc21. The maximum atomic E-state index is 13.1. The molecule has 0 fully saturated rings. The van der Waals surface area contributed by atoms with Crippen molar-refractivity contribution in [2.45, 2.75) is 26.8 Å². The molecule has 0 aliphatic rings. The van der Waals surface area contributed by atoms with Crippen molar-refractivity contribution < 1.29 is 8.78 Å². The summed E-state index contributed by atoms with van der Waals surface area (Å²) < 4.78 is 27.9. The van der Waals surface area contributed by atoms with Gasteiger partial charge < -0.3 is 4.57 Å². The zero-order valence-corrected chi connectivity index (χ0v) is 9.37. The smallest absolute Gasteiger partial charge is 0.161 e. The molecule has 0 N–H and O–H groups in total. The van der Waals surface area contributed by atoms with Crippen LogP contribution >= 0.6 is 0 Å². The summed E-state index contributed by atoms with van der Waals surface area (Å²) in [6, 6.07) is 2.35. The standard InChI is InChI=1S/C12H14F2N2/c1-3-8(2)6-16-7-15-11-4-9(13)10(14)5-12(11)16/h4-5,7-8H,3,6H2,1-2H3. The van der Waals surface area contributed by atoms with Crippen LogP contribution in [0.5, 0.6) is 0 Å². The molecule has 0 radical (unpaired) electrons. The van der Waals surface area contributed by atoms with Crippen LogP contribution in [-0.2, 0) is 6.54 Å². The summed E-state index contributed by atoms with van der Waals surface area (Å²) in [6.07, 6.45) is 2.68. The van der Waals surface area contributed by atoms with Crippen LogP contribution in [0, 0.1) is 17.6 Å². The lowest BCUT2D eigenvalue weighted by molar-refractivity contribution is 0.474. The fourth-order valence-corrected chi connectivity index (χ4v) is 1.66. The predicted molar refractivity (Wildman–Crippen MR) is 59.1 cm³/mol. The maximum absolute atomic E-state index is 13.1. The molecule has 0 amide bonds. The van der Waals surface area contributed by atoms with Crippen LogP contribution in [0.15, 0.2) is 18.5 Å². The number of hydrogen-bond donors (Lipinski definition) is 0. The van der Waals surface area contributed by atoms with Gasteiger partial charge >= 0.3 is 0 Å². The number of halogens is 2. The van der Waals surface area contributed by atoms with E-state index in [4.69, 9.17) is 0 Å². The lowest BCUT2D eigenvalue weighted by Gasteiger charge is -2.10. The summed E-state index contributed by atoms with van der Waals surface area (Å²) in [6.45, 7) is 4.99. The van der Waals surface area contributed by atoms with Crippen molar-refractivity contribution in [3.63, 3.8) is 0 Å². The van der Waals surface area contributed by atoms with Crippen LogP contribution in [0.1, 0.15) is 20.3 Å². The Morgan fingerprint density at radius 2 is 2.00 bits per heavy atom. The second-order valence-electron chi connectivity index (χ2n) is 4.17. The maximum Gasteiger partial charge on any atom is 0.161 e. The highest BCUT2D eigenvalue weighted by molar-refractivity contribution is 5.75. The molecule has 1 unspecified atom stereocenters. The van der Waals surface area contributed by atoms with E-state index in [0.717, 1.165) is 19.0 Å². The number of aromatic nitrogens is 2. The number of nitrogens with zero attached hydrogens (tertiary/aromatic N) is 2. The zero-order chi connectivity index (χ0) is 11.7. The van der Waals surface area contributed by atoms with E-state index in [9.17, 15) is 8.78 Å². The first-order chi connectivity index (χ1) is 7.61. The van der Waals surface area contributed by atoms with Crippen molar-refractivity contribution in [1.82, 2.24) is 9.55 Å². The normalized spacial score (nSPS) is 13.2. The third-order valence-electron chi connectivity index (χ3n) is 2.87. The number of rotatable bonds is 3. The summed E-state index contributed by atoms with van der Waals surface area (Å²) in [5.74, 6) is -1.18. The van der Waals surface area contributed by atoms with E-state index in [-0.39, 0.29) is 0 Å². The molecule has 2 aromatic rings. The minimum Gasteiger partial charge on any atom is -0.330 e. The van der Waals surface area contributed by atoms with Crippen molar-refractivity contribution in [2.75, 3.05) is 0 Å². The molecule has 16 heavy (non-hydrogen) atoms. The molecule has 0 aliphatic heterocycles. The minimum absolute atomic E-state index is 0.491. The fourth-order valence-electron chi connectivity index (χ4n) is 1.66. The van der Waals surface area contributed by atoms with Gasteiger partial charge in [-0.3, -0.25) is 0 Å². The average molecular weight is 224 g/mol. The molecular weight excluding hydrogens is 210 g/mol. The lowest BCUT2D eigenvalue weighted by atomic mass is 10.1. The second-order valence-corrected chi connectivity index (χ2v) is 4.17. The third-order valence-corrected chi connectivity index (χ3v) is 2.87. The molecule has 1 heterocycles. The van der Waals surface area contributed by atoms with Gasteiger partial charge in [0.15, 0.2) is 11.6 Å². The van der Waals surface area contributed by atoms with E-state index in [1.165, 1.54) is 6.07 Å². The van der Waals surface area contributed by atoms with Gasteiger partial charge in [0.2, 0.25) is 0 Å². The molecule has 1 atom stereocenters. The van der Waals surface area contributed by atoms with Gasteiger partial charge in [0.25, 0.3) is 0 Å². The molecule has 4 heteroatoms. The zero-order valence-electron chi connectivity index (χ0n) is 9.37. The van der Waals surface area contributed by atoms with Gasteiger partial charge in [-0.25, -0.2) is 13.8 Å². The van der Waals surface area contributed by atoms with Gasteiger partial charge in [-0.05, 0) is 5.92 Å². The quantitative estimate of drug-likeness (QED) is 0.781. The number of hydrogen-bond acceptors (Lipinski definition) is 1. The van der Waals surface area contributed by atoms with E-state index in [0.29, 0.717) is 17.0 Å². The van der Waals surface area contributed by atoms with E-state index in [2.05, 4.69) is 18.8 Å². The number of fused-ring (bicyclic) bond motifs is 1. The van der Waals surface area contributed by atoms with Crippen molar-refractivity contribution in [1.29, 1.82) is 0 Å². The third kappa shape index (κ3) is 1.92. The van der Waals surface area contributed by atoms with Crippen LogP contribution in [0.3, 0.4) is 0 Å². The Morgan fingerprint density at radius 3 is 2.69 bits per heavy atom. The summed E-state index contributed by atoms with van der Waals surface area (Å²) in [5, 5.41) is 0. The number of imidazole rings is 1. The molecular formula is C12H14F2N2. The predicted octanol–water partition coefficient (Wildman–Crippen LogP) is 3.36. The average Bonchev–Trinajstić information content (AvgIpc) is 2.62. The molecule has 86 valence electrons. The Kier molecular flexibility index (Phi) is 2.90. The monoisotopic (exact) mass is 224 g/mol. The molecule has 1 aromatic heterocycles. The first-order valence-electron chi connectivity index (χ1n) is 5.41. The first kappa shape index (κ1) is 11.0. The Balaban J connectivity index is 2.44. The molecule has 0 saturated carbocycles. The van der Waals surface area contributed by atoms with Gasteiger partial charge in [-0.15, -0.1) is 0 Å². The van der Waals surface area contributed by atoms with Gasteiger partial charge in [0.1, 0.15) is 0 Å². The highest BCUT2D eigenvalue weighted by atomic mass is 19.2. The molecule has 2 rings (SSSR count). The van der Waals surface area contributed by atoms with Crippen LogP contribution in [0.4, 0.5) is 8.78 Å². The number of benzene rings is 1. The Bertz CT molecular complexity index is 505. The van der Waals surface area contributed by atoms with Gasteiger partial charge in [-0.1, -0.05) is 20.3 Å². The van der Waals surface area contributed by atoms with Gasteiger partial charge in [0.05, 0.1) is 17.4 Å². The summed E-state index contributed by atoms with van der Waals surface area (Å²) >= 11 is 0. The highest BCUT2D eigenvalue weighted by Crippen LogP contribution is 2.19. The van der Waals surface area contributed by atoms with Crippen LogP contribution in [0.25, 0.3) is 11.0 Å². The molecule has 1 aromatic carbocycles. The summed E-state index contributed by atoms with van der Waals surface area (Å²) in [7, 11) is 0. The van der Waals surface area contributed by atoms with Crippen molar-refractivity contribution in [3.8, 4) is 0 Å². The molecule has 0 aliphatic carbocycles. The van der Waals surface area contributed by atoms with Crippen LogP contribution < -0.4 is 0 Å². The lowest BCUT2D eigenvalue weighted by Crippen LogP contribution is -2.05. The fraction of sp³-hybridized carbons (Fsp3) is 0.417. The minimum atomic E-state index is -0.846. The second kappa shape index (κ2) is 4.20. The Morgan fingerprint density at radius 1 is 1.31 bits per heavy atom. The van der Waals surface area contributed by atoms with E-state index in [1.807, 2.05) is 4.57 Å². The van der Waals surface area contributed by atoms with Gasteiger partial charge in [0, 0.05) is 18.7 Å². The van der Waals surface area contributed by atoms with Crippen molar-refractivity contribution in [3.05, 3.63) is 30.1 Å². The Hall–Kier alpha value is -1.45. The molecule has 0 spiro atoms. The largest absolute Gasteiger partial charge is 0.330 e. The molecule has 0 saturated heterocycles. The Labute approximate surface area is 92.9 Å². The summed E-state index contributed by atoms with van der Waals surface area (Å²) in [5.41, 5.74) is 1.15. The van der Waals surface area contributed by atoms with Crippen molar-refractivity contribution >= 4 is 11.0 Å². The van der Waals surface area contributed by atoms with E-state index < -0.39 is 11.6 Å². The van der Waals surface area contributed by atoms with E-state index in [1.54, 1.807) is 6.33 Å². The highest BCUT2D eigenvalue weighted by Gasteiger charge is 2.10. The molecule has 2 nitrogen and oxygen atoms in total. The summed E-state index contributed by atoms with van der Waals surface area (Å²) in [4.78, 5) is 4.06. The first-order valence-corrected chi connectivity index (χ1v) is 5.41. The molecule has 0 bridgehead atoms.